The van der Waals surface area contributed by atoms with E-state index in [2.05, 4.69) is 20.2 Å². The van der Waals surface area contributed by atoms with E-state index in [-0.39, 0.29) is 18.1 Å². The summed E-state index contributed by atoms with van der Waals surface area (Å²) in [5.41, 5.74) is 2.33. The van der Waals surface area contributed by atoms with Crippen molar-refractivity contribution in [3.8, 4) is 11.4 Å². The minimum atomic E-state index is -3.31. The number of benzene rings is 2. The molecular formula is C20H21ClN4O4S. The maximum atomic E-state index is 12.1. The molecule has 1 aromatic heterocycles. The third-order valence-electron chi connectivity index (χ3n) is 4.32. The van der Waals surface area contributed by atoms with Gasteiger partial charge >= 0.3 is 0 Å². The number of aromatic nitrogens is 2. The fourth-order valence-corrected chi connectivity index (χ4v) is 3.53. The van der Waals surface area contributed by atoms with Crippen LogP contribution in [0.3, 0.4) is 0 Å². The van der Waals surface area contributed by atoms with Crippen LogP contribution in [0.25, 0.3) is 11.4 Å². The summed E-state index contributed by atoms with van der Waals surface area (Å²) in [7, 11) is -1.93. The Bertz CT molecular complexity index is 1100. The standard InChI is InChI=1S/C20H21ClN4O4S/c1-22-30(27,28)13-15-4-2-14(3-5-15)12-23-18(26)10-11-19-24-20(25-29-19)16-6-8-17(21)9-7-16/h2-9,22H,10-13H2,1H3,(H,23,26). The number of nitrogens with zero attached hydrogens (tertiary/aromatic N) is 2. The van der Waals surface area contributed by atoms with Crippen LogP contribution in [0.2, 0.25) is 5.02 Å². The van der Waals surface area contributed by atoms with E-state index in [9.17, 15) is 13.2 Å². The van der Waals surface area contributed by atoms with Gasteiger partial charge in [-0.15, -0.1) is 0 Å². The number of halogens is 1. The summed E-state index contributed by atoms with van der Waals surface area (Å²) in [5.74, 6) is 0.592. The molecule has 0 saturated heterocycles. The van der Waals surface area contributed by atoms with Gasteiger partial charge in [-0.05, 0) is 42.4 Å². The lowest BCUT2D eigenvalue weighted by Crippen LogP contribution is -2.23. The Morgan fingerprint density at radius 2 is 1.73 bits per heavy atom. The molecule has 0 bridgehead atoms. The van der Waals surface area contributed by atoms with E-state index >= 15 is 0 Å². The van der Waals surface area contributed by atoms with E-state index in [0.29, 0.717) is 35.3 Å². The number of rotatable bonds is 9. The lowest BCUT2D eigenvalue weighted by atomic mass is 10.1. The normalized spacial score (nSPS) is 11.4. The molecule has 8 nitrogen and oxygen atoms in total. The van der Waals surface area contributed by atoms with Gasteiger partial charge in [0, 0.05) is 30.0 Å². The highest BCUT2D eigenvalue weighted by Gasteiger charge is 2.11. The molecule has 3 aromatic rings. The molecule has 2 aromatic carbocycles. The Labute approximate surface area is 179 Å². The second-order valence-corrected chi connectivity index (χ2v) is 8.94. The van der Waals surface area contributed by atoms with Crippen molar-refractivity contribution >= 4 is 27.5 Å². The highest BCUT2D eigenvalue weighted by Crippen LogP contribution is 2.19. The first-order valence-corrected chi connectivity index (χ1v) is 11.2. The molecule has 10 heteroatoms. The summed E-state index contributed by atoms with van der Waals surface area (Å²) < 4.78 is 30.6. The molecule has 1 amide bonds. The van der Waals surface area contributed by atoms with Crippen LogP contribution in [0.4, 0.5) is 0 Å². The second-order valence-electron chi connectivity index (χ2n) is 6.58. The minimum absolute atomic E-state index is 0.0850. The predicted octanol–water partition coefficient (Wildman–Crippen LogP) is 2.69. The first-order chi connectivity index (χ1) is 14.3. The van der Waals surface area contributed by atoms with Gasteiger partial charge in [0.2, 0.25) is 27.6 Å². The van der Waals surface area contributed by atoms with E-state index in [1.165, 1.54) is 7.05 Å². The molecule has 30 heavy (non-hydrogen) atoms. The van der Waals surface area contributed by atoms with Crippen LogP contribution >= 0.6 is 11.6 Å². The van der Waals surface area contributed by atoms with Crippen LogP contribution in [0.5, 0.6) is 0 Å². The molecule has 2 N–H and O–H groups in total. The van der Waals surface area contributed by atoms with E-state index in [1.54, 1.807) is 48.5 Å². The average molecular weight is 449 g/mol. The Morgan fingerprint density at radius 3 is 2.40 bits per heavy atom. The van der Waals surface area contributed by atoms with Gasteiger partial charge < -0.3 is 9.84 Å². The molecule has 158 valence electrons. The van der Waals surface area contributed by atoms with Crippen molar-refractivity contribution in [2.45, 2.75) is 25.1 Å². The van der Waals surface area contributed by atoms with E-state index in [0.717, 1.165) is 11.1 Å². The monoisotopic (exact) mass is 448 g/mol. The number of amides is 1. The van der Waals surface area contributed by atoms with Crippen molar-refractivity contribution < 1.29 is 17.7 Å². The fraction of sp³-hybridized carbons (Fsp3) is 0.250. The van der Waals surface area contributed by atoms with Crippen LogP contribution in [-0.4, -0.2) is 31.5 Å². The first-order valence-electron chi connectivity index (χ1n) is 9.19. The van der Waals surface area contributed by atoms with Gasteiger partial charge in [0.1, 0.15) is 0 Å². The molecule has 0 aliphatic heterocycles. The average Bonchev–Trinajstić information content (AvgIpc) is 3.21. The molecule has 0 fully saturated rings. The number of hydrogen-bond acceptors (Lipinski definition) is 6. The molecule has 0 aliphatic rings. The molecule has 0 aliphatic carbocycles. The lowest BCUT2D eigenvalue weighted by Gasteiger charge is -2.06. The largest absolute Gasteiger partial charge is 0.352 e. The van der Waals surface area contributed by atoms with Crippen molar-refractivity contribution in [3.63, 3.8) is 0 Å². The van der Waals surface area contributed by atoms with Crippen molar-refractivity contribution in [1.29, 1.82) is 0 Å². The smallest absolute Gasteiger partial charge is 0.227 e. The quantitative estimate of drug-likeness (QED) is 0.520. The first kappa shape index (κ1) is 21.9. The zero-order chi connectivity index (χ0) is 21.6. The SMILES string of the molecule is CNS(=O)(=O)Cc1ccc(CNC(=O)CCc2nc(-c3ccc(Cl)cc3)no2)cc1. The van der Waals surface area contributed by atoms with Gasteiger partial charge in [-0.3, -0.25) is 4.79 Å². The van der Waals surface area contributed by atoms with Crippen molar-refractivity contribution in [3.05, 3.63) is 70.6 Å². The molecule has 0 radical (unpaired) electrons. The maximum absolute atomic E-state index is 12.1. The summed E-state index contributed by atoms with van der Waals surface area (Å²) in [4.78, 5) is 16.4. The summed E-state index contributed by atoms with van der Waals surface area (Å²) in [5, 5.41) is 7.36. The van der Waals surface area contributed by atoms with E-state index in [1.807, 2.05) is 0 Å². The zero-order valence-electron chi connectivity index (χ0n) is 16.3. The van der Waals surface area contributed by atoms with Crippen molar-refractivity contribution in [2.75, 3.05) is 7.05 Å². The second kappa shape index (κ2) is 9.84. The molecule has 0 unspecified atom stereocenters. The topological polar surface area (TPSA) is 114 Å². The Kier molecular flexibility index (Phi) is 7.20. The highest BCUT2D eigenvalue weighted by molar-refractivity contribution is 7.88. The van der Waals surface area contributed by atoms with Gasteiger partial charge in [-0.2, -0.15) is 4.98 Å². The fourth-order valence-electron chi connectivity index (χ4n) is 2.63. The minimum Gasteiger partial charge on any atom is -0.352 e. The van der Waals surface area contributed by atoms with Crippen LogP contribution in [-0.2, 0) is 33.5 Å². The van der Waals surface area contributed by atoms with Crippen LogP contribution < -0.4 is 10.0 Å². The van der Waals surface area contributed by atoms with Gasteiger partial charge in [0.25, 0.3) is 0 Å². The number of hydrogen-bond donors (Lipinski definition) is 2. The third-order valence-corrected chi connectivity index (χ3v) is 5.90. The van der Waals surface area contributed by atoms with E-state index in [4.69, 9.17) is 16.1 Å². The zero-order valence-corrected chi connectivity index (χ0v) is 17.8. The third kappa shape index (κ3) is 6.38. The molecule has 0 saturated carbocycles. The van der Waals surface area contributed by atoms with Crippen LogP contribution in [0.15, 0.2) is 53.1 Å². The summed E-state index contributed by atoms with van der Waals surface area (Å²) in [6.45, 7) is 0.345. The molecule has 3 rings (SSSR count). The maximum Gasteiger partial charge on any atom is 0.227 e. The van der Waals surface area contributed by atoms with Gasteiger partial charge in [0.05, 0.1) is 5.75 Å². The van der Waals surface area contributed by atoms with Crippen molar-refractivity contribution in [1.82, 2.24) is 20.2 Å². The number of nitrogens with one attached hydrogen (secondary N) is 2. The number of carbonyl (C=O) groups is 1. The number of carbonyl (C=O) groups excluding carboxylic acids is 1. The van der Waals surface area contributed by atoms with Crippen LogP contribution in [0.1, 0.15) is 23.4 Å². The van der Waals surface area contributed by atoms with Gasteiger partial charge in [-0.25, -0.2) is 13.1 Å². The molecule has 0 atom stereocenters. The summed E-state index contributed by atoms with van der Waals surface area (Å²) >= 11 is 5.87. The Morgan fingerprint density at radius 1 is 1.07 bits per heavy atom. The predicted molar refractivity (Wildman–Crippen MR) is 113 cm³/mol. The molecule has 0 spiro atoms. The Hall–Kier alpha value is -2.75. The lowest BCUT2D eigenvalue weighted by molar-refractivity contribution is -0.121. The Balaban J connectivity index is 1.46. The summed E-state index contributed by atoms with van der Waals surface area (Å²) in [6, 6.07) is 14.1. The summed E-state index contributed by atoms with van der Waals surface area (Å²) in [6.07, 6.45) is 0.536. The van der Waals surface area contributed by atoms with E-state index < -0.39 is 10.0 Å². The van der Waals surface area contributed by atoms with Crippen molar-refractivity contribution in [2.24, 2.45) is 0 Å². The number of aryl methyl sites for hydroxylation is 1. The highest BCUT2D eigenvalue weighted by atomic mass is 35.5. The number of sulfonamides is 1. The van der Waals surface area contributed by atoms with Gasteiger partial charge in [0.15, 0.2) is 0 Å². The molecular weight excluding hydrogens is 428 g/mol. The van der Waals surface area contributed by atoms with Crippen LogP contribution in [0, 0.1) is 0 Å². The molecule has 1 heterocycles. The van der Waals surface area contributed by atoms with Gasteiger partial charge in [-0.1, -0.05) is 41.0 Å².